The summed E-state index contributed by atoms with van der Waals surface area (Å²) in [6, 6.07) is 19.8. The van der Waals surface area contributed by atoms with E-state index in [1.54, 1.807) is 25.3 Å². The fourth-order valence-corrected chi connectivity index (χ4v) is 3.77. The predicted molar refractivity (Wildman–Crippen MR) is 126 cm³/mol. The normalized spacial score (nSPS) is 11.5. The zero-order valence-corrected chi connectivity index (χ0v) is 18.9. The number of aromatic nitrogens is 3. The van der Waals surface area contributed by atoms with Crippen LogP contribution in [0.3, 0.4) is 0 Å². The molecule has 0 bridgehead atoms. The van der Waals surface area contributed by atoms with Crippen LogP contribution in [0.2, 0.25) is 0 Å². The molecule has 0 fully saturated rings. The first kappa shape index (κ1) is 21.6. The van der Waals surface area contributed by atoms with Gasteiger partial charge in [-0.3, -0.25) is 9.36 Å². The minimum absolute atomic E-state index is 0.146. The van der Waals surface area contributed by atoms with E-state index < -0.39 is 0 Å². The molecular weight excluding hydrogens is 422 g/mol. The highest BCUT2D eigenvalue weighted by Crippen LogP contribution is 2.28. The van der Waals surface area contributed by atoms with Crippen LogP contribution in [0.4, 0.5) is 0 Å². The number of nitrogens with one attached hydrogen (secondary N) is 1. The number of aryl methyl sites for hydroxylation is 2. The van der Waals surface area contributed by atoms with E-state index in [0.29, 0.717) is 16.6 Å². The molecule has 0 saturated heterocycles. The SMILES string of the molecule is C/C(=N\NC(=O)CSc1nnc(-c2ccc(C)cc2)n1-c1ccc(C)cc1)c1ccco1. The van der Waals surface area contributed by atoms with Crippen LogP contribution in [0, 0.1) is 13.8 Å². The van der Waals surface area contributed by atoms with Crippen LogP contribution < -0.4 is 5.43 Å². The zero-order chi connectivity index (χ0) is 22.5. The van der Waals surface area contributed by atoms with Crippen LogP contribution in [0.15, 0.2) is 81.6 Å². The molecule has 162 valence electrons. The molecule has 0 aliphatic carbocycles. The van der Waals surface area contributed by atoms with Crippen molar-refractivity contribution >= 4 is 23.4 Å². The summed E-state index contributed by atoms with van der Waals surface area (Å²) in [4.78, 5) is 12.4. The number of thioether (sulfide) groups is 1. The highest BCUT2D eigenvalue weighted by Gasteiger charge is 2.17. The van der Waals surface area contributed by atoms with Crippen LogP contribution in [-0.4, -0.2) is 32.1 Å². The number of nitrogens with zero attached hydrogens (tertiary/aromatic N) is 4. The molecule has 2 aromatic heterocycles. The van der Waals surface area contributed by atoms with E-state index >= 15 is 0 Å². The van der Waals surface area contributed by atoms with Gasteiger partial charge in [-0.2, -0.15) is 5.10 Å². The first-order valence-electron chi connectivity index (χ1n) is 10.1. The van der Waals surface area contributed by atoms with Crippen molar-refractivity contribution in [2.75, 3.05) is 5.75 Å². The lowest BCUT2D eigenvalue weighted by atomic mass is 10.1. The van der Waals surface area contributed by atoms with Crippen molar-refractivity contribution in [1.29, 1.82) is 0 Å². The molecule has 4 rings (SSSR count). The first-order chi connectivity index (χ1) is 15.5. The molecule has 0 saturated carbocycles. The van der Waals surface area contributed by atoms with Crippen molar-refractivity contribution in [2.45, 2.75) is 25.9 Å². The number of carbonyl (C=O) groups excluding carboxylic acids is 1. The lowest BCUT2D eigenvalue weighted by Crippen LogP contribution is -2.21. The Labute approximate surface area is 190 Å². The summed E-state index contributed by atoms with van der Waals surface area (Å²) in [5.41, 5.74) is 7.39. The van der Waals surface area contributed by atoms with Crippen molar-refractivity contribution in [2.24, 2.45) is 5.10 Å². The van der Waals surface area contributed by atoms with Crippen molar-refractivity contribution in [1.82, 2.24) is 20.2 Å². The second kappa shape index (κ2) is 9.65. The van der Waals surface area contributed by atoms with Crippen LogP contribution in [-0.2, 0) is 4.79 Å². The Kier molecular flexibility index (Phi) is 6.51. The molecule has 2 heterocycles. The molecule has 0 aliphatic rings. The van der Waals surface area contributed by atoms with Crippen molar-refractivity contribution in [3.8, 4) is 17.1 Å². The average Bonchev–Trinajstić information content (AvgIpc) is 3.48. The molecule has 0 aliphatic heterocycles. The number of hydrogen-bond acceptors (Lipinski definition) is 6. The topological polar surface area (TPSA) is 85.3 Å². The van der Waals surface area contributed by atoms with Crippen molar-refractivity contribution in [3.63, 3.8) is 0 Å². The lowest BCUT2D eigenvalue weighted by Gasteiger charge is -2.11. The highest BCUT2D eigenvalue weighted by atomic mass is 32.2. The Balaban J connectivity index is 1.55. The molecule has 7 nitrogen and oxygen atoms in total. The van der Waals surface area contributed by atoms with Crippen LogP contribution in [0.25, 0.3) is 17.1 Å². The molecule has 8 heteroatoms. The van der Waals surface area contributed by atoms with Crippen LogP contribution >= 0.6 is 11.8 Å². The van der Waals surface area contributed by atoms with Gasteiger partial charge in [0.1, 0.15) is 11.5 Å². The largest absolute Gasteiger partial charge is 0.463 e. The lowest BCUT2D eigenvalue weighted by molar-refractivity contribution is -0.118. The summed E-state index contributed by atoms with van der Waals surface area (Å²) in [5, 5.41) is 13.5. The van der Waals surface area contributed by atoms with Gasteiger partial charge in [0.15, 0.2) is 11.0 Å². The standard InChI is InChI=1S/C24H23N5O2S/c1-16-6-10-19(11-7-16)23-27-28-24(29(23)20-12-8-17(2)9-13-20)32-15-22(30)26-25-18(3)21-5-4-14-31-21/h4-14H,15H2,1-3H3,(H,26,30)/b25-18+. The molecule has 1 amide bonds. The van der Waals surface area contributed by atoms with E-state index in [2.05, 4.69) is 20.7 Å². The summed E-state index contributed by atoms with van der Waals surface area (Å²) in [6.45, 7) is 5.86. The highest BCUT2D eigenvalue weighted by molar-refractivity contribution is 7.99. The number of hydrogen-bond donors (Lipinski definition) is 1. The third-order valence-corrected chi connectivity index (χ3v) is 5.72. The van der Waals surface area contributed by atoms with Crippen LogP contribution in [0.5, 0.6) is 0 Å². The Morgan fingerprint density at radius 1 is 1.03 bits per heavy atom. The minimum atomic E-state index is -0.240. The fourth-order valence-electron chi connectivity index (χ4n) is 3.03. The Hall–Kier alpha value is -3.65. The number of carbonyl (C=O) groups is 1. The number of furan rings is 1. The van der Waals surface area contributed by atoms with Gasteiger partial charge in [-0.1, -0.05) is 59.3 Å². The summed E-state index contributed by atoms with van der Waals surface area (Å²) in [7, 11) is 0. The van der Waals surface area contributed by atoms with Gasteiger partial charge < -0.3 is 4.42 Å². The molecule has 2 aromatic carbocycles. The fraction of sp³-hybridized carbons (Fsp3) is 0.167. The molecule has 32 heavy (non-hydrogen) atoms. The Morgan fingerprint density at radius 3 is 2.38 bits per heavy atom. The number of amides is 1. The summed E-state index contributed by atoms with van der Waals surface area (Å²) >= 11 is 1.31. The second-order valence-corrected chi connectivity index (χ2v) is 8.28. The number of hydrazone groups is 1. The van der Waals surface area contributed by atoms with Crippen molar-refractivity contribution < 1.29 is 9.21 Å². The van der Waals surface area contributed by atoms with Gasteiger partial charge in [0.25, 0.3) is 5.91 Å². The number of benzene rings is 2. The van der Waals surface area contributed by atoms with Gasteiger partial charge in [-0.25, -0.2) is 5.43 Å². The summed E-state index contributed by atoms with van der Waals surface area (Å²) in [5.74, 6) is 1.24. The third kappa shape index (κ3) is 4.97. The molecule has 1 N–H and O–H groups in total. The van der Waals surface area contributed by atoms with E-state index in [0.717, 1.165) is 22.6 Å². The minimum Gasteiger partial charge on any atom is -0.463 e. The maximum Gasteiger partial charge on any atom is 0.250 e. The second-order valence-electron chi connectivity index (χ2n) is 7.34. The van der Waals surface area contributed by atoms with Gasteiger partial charge in [0.05, 0.1) is 12.0 Å². The van der Waals surface area contributed by atoms with Gasteiger partial charge >= 0.3 is 0 Å². The van der Waals surface area contributed by atoms with Crippen molar-refractivity contribution in [3.05, 3.63) is 83.8 Å². The zero-order valence-electron chi connectivity index (χ0n) is 18.1. The predicted octanol–water partition coefficient (Wildman–Crippen LogP) is 4.78. The molecule has 0 radical (unpaired) electrons. The van der Waals surface area contributed by atoms with Gasteiger partial charge in [0, 0.05) is 11.3 Å². The summed E-state index contributed by atoms with van der Waals surface area (Å²) in [6.07, 6.45) is 1.57. The molecule has 0 unspecified atom stereocenters. The smallest absolute Gasteiger partial charge is 0.250 e. The van der Waals surface area contributed by atoms with Gasteiger partial charge in [-0.15, -0.1) is 10.2 Å². The summed E-state index contributed by atoms with van der Waals surface area (Å²) < 4.78 is 7.24. The van der Waals surface area contributed by atoms with E-state index in [-0.39, 0.29) is 11.7 Å². The quantitative estimate of drug-likeness (QED) is 0.251. The monoisotopic (exact) mass is 445 g/mol. The third-order valence-electron chi connectivity index (χ3n) is 4.79. The molecule has 0 spiro atoms. The maximum atomic E-state index is 12.4. The number of rotatable bonds is 7. The Bertz CT molecular complexity index is 1230. The first-order valence-corrected chi connectivity index (χ1v) is 11.1. The molecule has 0 atom stereocenters. The maximum absolute atomic E-state index is 12.4. The van der Waals surface area contributed by atoms with E-state index in [4.69, 9.17) is 4.42 Å². The van der Waals surface area contributed by atoms with Gasteiger partial charge in [0.2, 0.25) is 0 Å². The average molecular weight is 446 g/mol. The van der Waals surface area contributed by atoms with E-state index in [9.17, 15) is 4.79 Å². The van der Waals surface area contributed by atoms with Crippen LogP contribution in [0.1, 0.15) is 23.8 Å². The Morgan fingerprint density at radius 2 is 1.72 bits per heavy atom. The molecule has 4 aromatic rings. The molecular formula is C24H23N5O2S. The van der Waals surface area contributed by atoms with E-state index in [1.165, 1.54) is 17.3 Å². The van der Waals surface area contributed by atoms with E-state index in [1.807, 2.05) is 66.9 Å². The van der Waals surface area contributed by atoms with Gasteiger partial charge in [-0.05, 0) is 45.0 Å².